The summed E-state index contributed by atoms with van der Waals surface area (Å²) >= 11 is 0. The zero-order valence-electron chi connectivity index (χ0n) is 16.0. The fraction of sp³-hybridized carbons (Fsp3) is 0.174. The number of hydrogen-bond acceptors (Lipinski definition) is 3. The van der Waals surface area contributed by atoms with Gasteiger partial charge in [-0.1, -0.05) is 30.3 Å². The predicted molar refractivity (Wildman–Crippen MR) is 109 cm³/mol. The number of fused-ring (bicyclic) bond motifs is 1. The number of carbonyl (C=O) groups is 1. The smallest absolute Gasteiger partial charge is 0.319 e. The highest BCUT2D eigenvalue weighted by Gasteiger charge is 2.18. The average molecular weight is 410 g/mol. The third-order valence-corrected chi connectivity index (χ3v) is 4.77. The summed E-state index contributed by atoms with van der Waals surface area (Å²) in [5.41, 5.74) is 1.91. The number of carbonyl (C=O) groups excluding carboxylic acids is 1. The molecule has 154 valence electrons. The van der Waals surface area contributed by atoms with Crippen molar-refractivity contribution in [1.29, 1.82) is 0 Å². The Labute approximate surface area is 172 Å². The fourth-order valence-corrected chi connectivity index (χ4v) is 3.34. The molecular weight excluding hydrogens is 390 g/mol. The molecule has 0 spiro atoms. The van der Waals surface area contributed by atoms with Gasteiger partial charge >= 0.3 is 6.03 Å². The zero-order valence-corrected chi connectivity index (χ0v) is 16.0. The molecule has 0 saturated carbocycles. The highest BCUT2D eigenvalue weighted by atomic mass is 19.1. The molecule has 4 rings (SSSR count). The Kier molecular flexibility index (Phi) is 5.79. The Bertz CT molecular complexity index is 1040. The topological polar surface area (TPSA) is 59.6 Å². The van der Waals surface area contributed by atoms with Gasteiger partial charge in [0.05, 0.1) is 5.69 Å². The number of halogens is 2. The van der Waals surface area contributed by atoms with E-state index in [4.69, 9.17) is 9.47 Å². The van der Waals surface area contributed by atoms with Crippen LogP contribution in [0.4, 0.5) is 19.3 Å². The molecule has 1 unspecified atom stereocenters. The summed E-state index contributed by atoms with van der Waals surface area (Å²) in [5.74, 6) is 0.498. The van der Waals surface area contributed by atoms with Crippen LogP contribution in [-0.2, 0) is 12.8 Å². The van der Waals surface area contributed by atoms with Gasteiger partial charge in [-0.05, 0) is 60.4 Å². The van der Waals surface area contributed by atoms with Crippen molar-refractivity contribution in [3.63, 3.8) is 0 Å². The van der Waals surface area contributed by atoms with E-state index in [0.29, 0.717) is 24.3 Å². The molecule has 2 amide bonds. The van der Waals surface area contributed by atoms with Gasteiger partial charge in [-0.25, -0.2) is 13.6 Å². The number of benzene rings is 3. The quantitative estimate of drug-likeness (QED) is 0.621. The van der Waals surface area contributed by atoms with Gasteiger partial charge in [0.15, 0.2) is 11.5 Å². The standard InChI is InChI=1S/C23H20F2N2O3/c24-17-8-5-15(6-9-17)11-18(12-16-7-10-21-22(13-16)30-14-29-21)26-23(28)27-20-4-2-1-3-19(20)25/h1-10,13,18H,11-12,14H2,(H2,26,27,28). The molecule has 0 radical (unpaired) electrons. The second-order valence-corrected chi connectivity index (χ2v) is 7.00. The summed E-state index contributed by atoms with van der Waals surface area (Å²) in [6, 6.07) is 16.8. The van der Waals surface area contributed by atoms with Gasteiger partial charge in [0.1, 0.15) is 11.6 Å². The first-order valence-electron chi connectivity index (χ1n) is 9.52. The van der Waals surface area contributed by atoms with Crippen LogP contribution in [0.15, 0.2) is 66.7 Å². The van der Waals surface area contributed by atoms with Crippen molar-refractivity contribution in [3.8, 4) is 11.5 Å². The summed E-state index contributed by atoms with van der Waals surface area (Å²) in [7, 11) is 0. The first-order chi connectivity index (χ1) is 14.6. The van der Waals surface area contributed by atoms with Gasteiger partial charge in [0.25, 0.3) is 0 Å². The van der Waals surface area contributed by atoms with Gasteiger partial charge in [-0.3, -0.25) is 0 Å². The number of rotatable bonds is 6. The van der Waals surface area contributed by atoms with E-state index in [0.717, 1.165) is 11.1 Å². The molecule has 1 aliphatic rings. The van der Waals surface area contributed by atoms with E-state index >= 15 is 0 Å². The average Bonchev–Trinajstić information content (AvgIpc) is 3.19. The lowest BCUT2D eigenvalue weighted by molar-refractivity contribution is 0.174. The zero-order chi connectivity index (χ0) is 20.9. The maximum absolute atomic E-state index is 13.8. The minimum atomic E-state index is -0.520. The van der Waals surface area contributed by atoms with Crippen molar-refractivity contribution in [1.82, 2.24) is 5.32 Å². The molecule has 0 aliphatic carbocycles. The van der Waals surface area contributed by atoms with Crippen molar-refractivity contribution in [2.24, 2.45) is 0 Å². The number of urea groups is 1. The molecule has 0 fully saturated rings. The number of ether oxygens (including phenoxy) is 2. The molecule has 3 aromatic rings. The van der Waals surface area contributed by atoms with Crippen LogP contribution in [0.1, 0.15) is 11.1 Å². The Morgan fingerprint density at radius 2 is 1.60 bits per heavy atom. The monoisotopic (exact) mass is 410 g/mol. The van der Waals surface area contributed by atoms with Gasteiger partial charge in [-0.2, -0.15) is 0 Å². The molecule has 0 saturated heterocycles. The number of nitrogens with one attached hydrogen (secondary N) is 2. The Morgan fingerprint density at radius 1 is 0.900 bits per heavy atom. The summed E-state index contributed by atoms with van der Waals surface area (Å²) in [6.45, 7) is 0.182. The number of amides is 2. The van der Waals surface area contributed by atoms with Crippen LogP contribution < -0.4 is 20.1 Å². The van der Waals surface area contributed by atoms with Crippen LogP contribution >= 0.6 is 0 Å². The summed E-state index contributed by atoms with van der Waals surface area (Å²) in [5, 5.41) is 5.42. The van der Waals surface area contributed by atoms with E-state index in [2.05, 4.69) is 10.6 Å². The molecule has 7 heteroatoms. The lowest BCUT2D eigenvalue weighted by Crippen LogP contribution is -2.40. The lowest BCUT2D eigenvalue weighted by Gasteiger charge is -2.20. The summed E-state index contributed by atoms with van der Waals surface area (Å²) in [4.78, 5) is 12.5. The number of para-hydroxylation sites is 1. The normalized spacial score (nSPS) is 13.0. The molecule has 0 aromatic heterocycles. The van der Waals surface area contributed by atoms with E-state index in [1.807, 2.05) is 18.2 Å². The maximum atomic E-state index is 13.8. The van der Waals surface area contributed by atoms with Crippen molar-refractivity contribution < 1.29 is 23.0 Å². The highest BCUT2D eigenvalue weighted by Crippen LogP contribution is 2.33. The third-order valence-electron chi connectivity index (χ3n) is 4.77. The fourth-order valence-electron chi connectivity index (χ4n) is 3.34. The molecule has 5 nitrogen and oxygen atoms in total. The highest BCUT2D eigenvalue weighted by molar-refractivity contribution is 5.89. The van der Waals surface area contributed by atoms with Gasteiger partial charge < -0.3 is 20.1 Å². The predicted octanol–water partition coefficient (Wildman–Crippen LogP) is 4.67. The van der Waals surface area contributed by atoms with Crippen LogP contribution in [0.3, 0.4) is 0 Å². The van der Waals surface area contributed by atoms with Gasteiger partial charge in [0, 0.05) is 6.04 Å². The van der Waals surface area contributed by atoms with E-state index in [1.54, 1.807) is 24.3 Å². The molecule has 3 aromatic carbocycles. The SMILES string of the molecule is O=C(Nc1ccccc1F)NC(Cc1ccc(F)cc1)Cc1ccc2c(c1)OCO2. The molecule has 30 heavy (non-hydrogen) atoms. The van der Waals surface area contributed by atoms with Crippen LogP contribution in [0, 0.1) is 11.6 Å². The number of anilines is 1. The maximum Gasteiger partial charge on any atom is 0.319 e. The Hall–Kier alpha value is -3.61. The molecule has 0 bridgehead atoms. The molecule has 2 N–H and O–H groups in total. The second-order valence-electron chi connectivity index (χ2n) is 7.00. The van der Waals surface area contributed by atoms with Crippen molar-refractivity contribution >= 4 is 11.7 Å². The first-order valence-corrected chi connectivity index (χ1v) is 9.52. The largest absolute Gasteiger partial charge is 0.454 e. The molecular formula is C23H20F2N2O3. The summed E-state index contributed by atoms with van der Waals surface area (Å²) in [6.07, 6.45) is 0.970. The molecule has 1 aliphatic heterocycles. The Balaban J connectivity index is 1.49. The second kappa shape index (κ2) is 8.82. The first kappa shape index (κ1) is 19.7. The van der Waals surface area contributed by atoms with Crippen molar-refractivity contribution in [2.45, 2.75) is 18.9 Å². The van der Waals surface area contributed by atoms with Gasteiger partial charge in [-0.15, -0.1) is 0 Å². The van der Waals surface area contributed by atoms with E-state index in [-0.39, 0.29) is 24.3 Å². The molecule has 1 atom stereocenters. The van der Waals surface area contributed by atoms with Crippen LogP contribution in [0.25, 0.3) is 0 Å². The summed E-state index contributed by atoms with van der Waals surface area (Å²) < 4.78 is 37.8. The van der Waals surface area contributed by atoms with E-state index < -0.39 is 11.8 Å². The third kappa shape index (κ3) is 4.86. The van der Waals surface area contributed by atoms with Crippen molar-refractivity contribution in [3.05, 3.63) is 89.5 Å². The van der Waals surface area contributed by atoms with Crippen LogP contribution in [0.5, 0.6) is 11.5 Å². The minimum absolute atomic E-state index is 0.0959. The lowest BCUT2D eigenvalue weighted by atomic mass is 9.98. The Morgan fingerprint density at radius 3 is 2.40 bits per heavy atom. The van der Waals surface area contributed by atoms with E-state index in [9.17, 15) is 13.6 Å². The van der Waals surface area contributed by atoms with Crippen molar-refractivity contribution in [2.75, 3.05) is 12.1 Å². The van der Waals surface area contributed by atoms with Crippen LogP contribution in [0.2, 0.25) is 0 Å². The minimum Gasteiger partial charge on any atom is -0.454 e. The molecule has 1 heterocycles. The van der Waals surface area contributed by atoms with Gasteiger partial charge in [0.2, 0.25) is 6.79 Å². The van der Waals surface area contributed by atoms with E-state index in [1.165, 1.54) is 24.3 Å². The van der Waals surface area contributed by atoms with Crippen LogP contribution in [-0.4, -0.2) is 18.9 Å². The number of hydrogen-bond donors (Lipinski definition) is 2.